The van der Waals surface area contributed by atoms with E-state index in [1.807, 2.05) is 28.9 Å². The van der Waals surface area contributed by atoms with E-state index in [0.29, 0.717) is 19.0 Å². The molecule has 0 spiro atoms. The minimum Gasteiger partial charge on any atom is -0.388 e. The molecule has 0 atom stereocenters. The first kappa shape index (κ1) is 22.3. The maximum absolute atomic E-state index is 10.8. The monoisotopic (exact) mass is 431 g/mol. The summed E-state index contributed by atoms with van der Waals surface area (Å²) in [4.78, 5) is 8.87. The van der Waals surface area contributed by atoms with Crippen LogP contribution in [-0.4, -0.2) is 49.9 Å². The first-order valence-corrected chi connectivity index (χ1v) is 10.2. The van der Waals surface area contributed by atoms with Crippen molar-refractivity contribution in [1.29, 1.82) is 0 Å². The van der Waals surface area contributed by atoms with Gasteiger partial charge in [0.05, 0.1) is 11.8 Å². The van der Waals surface area contributed by atoms with Crippen molar-refractivity contribution in [2.75, 3.05) is 30.3 Å². The zero-order valence-corrected chi connectivity index (χ0v) is 18.2. The Labute approximate surface area is 182 Å². The van der Waals surface area contributed by atoms with Gasteiger partial charge in [0.15, 0.2) is 5.65 Å². The number of anilines is 2. The van der Waals surface area contributed by atoms with E-state index in [1.165, 1.54) is 0 Å². The Morgan fingerprint density at radius 1 is 1.20 bits per heavy atom. The molecule has 3 aromatic heterocycles. The predicted molar refractivity (Wildman–Crippen MR) is 121 cm³/mol. The molecule has 0 bridgehead atoms. The molecule has 0 amide bonds. The fourth-order valence-corrected chi connectivity index (χ4v) is 3.62. The van der Waals surface area contributed by atoms with Crippen LogP contribution in [0.4, 0.5) is 11.6 Å². The minimum absolute atomic E-state index is 0. The molecule has 9 heteroatoms. The minimum atomic E-state index is -0.704. The Morgan fingerprint density at radius 3 is 2.63 bits per heavy atom. The Morgan fingerprint density at radius 2 is 1.93 bits per heavy atom. The quantitative estimate of drug-likeness (QED) is 0.456. The van der Waals surface area contributed by atoms with Gasteiger partial charge < -0.3 is 21.1 Å². The second-order valence-corrected chi connectivity index (χ2v) is 8.05. The molecule has 0 aliphatic carbocycles. The lowest BCUT2D eigenvalue weighted by Crippen LogP contribution is -2.46. The summed E-state index contributed by atoms with van der Waals surface area (Å²) < 4.78 is 1.85. The molecule has 3 aromatic rings. The van der Waals surface area contributed by atoms with Crippen molar-refractivity contribution in [3.63, 3.8) is 0 Å². The Kier molecular flexibility index (Phi) is 7.12. The van der Waals surface area contributed by atoms with Crippen LogP contribution < -0.4 is 16.0 Å². The van der Waals surface area contributed by atoms with Gasteiger partial charge in [0.1, 0.15) is 11.6 Å². The van der Waals surface area contributed by atoms with E-state index in [0.717, 1.165) is 54.3 Å². The maximum atomic E-state index is 10.8. The first-order valence-electron chi connectivity index (χ1n) is 10.2. The first-order chi connectivity index (χ1) is 14.0. The van der Waals surface area contributed by atoms with E-state index < -0.39 is 5.60 Å². The Balaban J connectivity index is 0.00000256. The number of pyridine rings is 1. The van der Waals surface area contributed by atoms with E-state index in [4.69, 9.17) is 4.98 Å². The van der Waals surface area contributed by atoms with E-state index in [2.05, 4.69) is 39.9 Å². The number of rotatable bonds is 7. The van der Waals surface area contributed by atoms with Crippen molar-refractivity contribution < 1.29 is 5.11 Å². The van der Waals surface area contributed by atoms with Gasteiger partial charge in [0, 0.05) is 37.1 Å². The third-order valence-corrected chi connectivity index (χ3v) is 5.48. The summed E-state index contributed by atoms with van der Waals surface area (Å²) in [6, 6.07) is 5.93. The highest BCUT2D eigenvalue weighted by atomic mass is 35.5. The molecule has 162 valence electrons. The molecule has 1 saturated heterocycles. The summed E-state index contributed by atoms with van der Waals surface area (Å²) in [5.41, 5.74) is 2.37. The standard InChI is InChI=1S/C21H29N7O.ClH/c1-15(2)17-13-26-28-19(24-12-16-3-7-22-8-4-16)11-18(27-20(17)28)25-14-21(29)5-9-23-10-6-21;/h3-4,7-8,11,13,15,23-24,29H,5-6,9-10,12,14H2,1-2H3,(H,25,27);1H. The predicted octanol–water partition coefficient (Wildman–Crippen LogP) is 2.81. The summed E-state index contributed by atoms with van der Waals surface area (Å²) in [6.07, 6.45) is 6.93. The number of piperidine rings is 1. The topological polar surface area (TPSA) is 99.4 Å². The van der Waals surface area contributed by atoms with Gasteiger partial charge in [0.25, 0.3) is 0 Å². The lowest BCUT2D eigenvalue weighted by Gasteiger charge is -2.32. The van der Waals surface area contributed by atoms with Crippen LogP contribution in [0.5, 0.6) is 0 Å². The van der Waals surface area contributed by atoms with Crippen LogP contribution >= 0.6 is 12.4 Å². The number of aliphatic hydroxyl groups is 1. The van der Waals surface area contributed by atoms with Crippen molar-refractivity contribution in [1.82, 2.24) is 24.9 Å². The largest absolute Gasteiger partial charge is 0.388 e. The molecule has 0 aromatic carbocycles. The molecule has 30 heavy (non-hydrogen) atoms. The van der Waals surface area contributed by atoms with Gasteiger partial charge in [-0.15, -0.1) is 12.4 Å². The molecule has 1 aliphatic heterocycles. The molecular formula is C21H30ClN7O. The Bertz CT molecular complexity index is 955. The third kappa shape index (κ3) is 5.00. The van der Waals surface area contributed by atoms with Gasteiger partial charge in [-0.1, -0.05) is 13.8 Å². The van der Waals surface area contributed by atoms with Crippen LogP contribution in [-0.2, 0) is 6.54 Å². The summed E-state index contributed by atoms with van der Waals surface area (Å²) in [6.45, 7) is 7.09. The molecule has 4 rings (SSSR count). The van der Waals surface area contributed by atoms with E-state index in [-0.39, 0.29) is 12.4 Å². The molecular weight excluding hydrogens is 402 g/mol. The maximum Gasteiger partial charge on any atom is 0.163 e. The molecule has 0 radical (unpaired) electrons. The lowest BCUT2D eigenvalue weighted by molar-refractivity contribution is 0.0231. The van der Waals surface area contributed by atoms with Crippen LogP contribution in [0, 0.1) is 0 Å². The van der Waals surface area contributed by atoms with Gasteiger partial charge >= 0.3 is 0 Å². The number of halogens is 1. The van der Waals surface area contributed by atoms with Crippen LogP contribution in [0.3, 0.4) is 0 Å². The van der Waals surface area contributed by atoms with Crippen molar-refractivity contribution in [3.05, 3.63) is 47.9 Å². The second kappa shape index (κ2) is 9.59. The number of hydrogen-bond donors (Lipinski definition) is 4. The molecule has 4 heterocycles. The van der Waals surface area contributed by atoms with Crippen molar-refractivity contribution >= 4 is 29.7 Å². The normalized spacial score (nSPS) is 15.7. The summed E-state index contributed by atoms with van der Waals surface area (Å²) >= 11 is 0. The Hall–Kier alpha value is -2.42. The highest BCUT2D eigenvalue weighted by Crippen LogP contribution is 2.25. The fourth-order valence-electron chi connectivity index (χ4n) is 3.62. The average Bonchev–Trinajstić information content (AvgIpc) is 3.16. The smallest absolute Gasteiger partial charge is 0.163 e. The molecule has 0 unspecified atom stereocenters. The van der Waals surface area contributed by atoms with Gasteiger partial charge in [-0.05, 0) is 49.5 Å². The van der Waals surface area contributed by atoms with Gasteiger partial charge in [-0.3, -0.25) is 4.98 Å². The van der Waals surface area contributed by atoms with Crippen LogP contribution in [0.15, 0.2) is 36.8 Å². The molecule has 8 nitrogen and oxygen atoms in total. The number of fused-ring (bicyclic) bond motifs is 1. The van der Waals surface area contributed by atoms with Crippen LogP contribution in [0.2, 0.25) is 0 Å². The van der Waals surface area contributed by atoms with Gasteiger partial charge in [0.2, 0.25) is 0 Å². The van der Waals surface area contributed by atoms with Crippen molar-refractivity contribution in [3.8, 4) is 0 Å². The second-order valence-electron chi connectivity index (χ2n) is 8.05. The van der Waals surface area contributed by atoms with E-state index in [1.54, 1.807) is 12.4 Å². The van der Waals surface area contributed by atoms with E-state index >= 15 is 0 Å². The summed E-state index contributed by atoms with van der Waals surface area (Å²) in [5, 5.41) is 25.5. The molecule has 0 saturated carbocycles. The zero-order valence-electron chi connectivity index (χ0n) is 17.4. The summed E-state index contributed by atoms with van der Waals surface area (Å²) in [5.74, 6) is 1.92. The zero-order chi connectivity index (χ0) is 20.3. The van der Waals surface area contributed by atoms with Gasteiger partial charge in [-0.2, -0.15) is 9.61 Å². The number of nitrogens with zero attached hydrogens (tertiary/aromatic N) is 4. The SMILES string of the molecule is CC(C)c1cnn2c(NCc3ccncc3)cc(NCC3(O)CCNCC3)nc12.Cl. The number of aromatic nitrogens is 4. The molecule has 1 fully saturated rings. The fraction of sp³-hybridized carbons (Fsp3) is 0.476. The molecule has 4 N–H and O–H groups in total. The third-order valence-electron chi connectivity index (χ3n) is 5.48. The molecule has 1 aliphatic rings. The highest BCUT2D eigenvalue weighted by molar-refractivity contribution is 5.85. The van der Waals surface area contributed by atoms with Crippen molar-refractivity contribution in [2.45, 2.75) is 44.8 Å². The number of hydrogen-bond acceptors (Lipinski definition) is 7. The van der Waals surface area contributed by atoms with Crippen LogP contribution in [0.25, 0.3) is 5.65 Å². The average molecular weight is 432 g/mol. The van der Waals surface area contributed by atoms with Crippen LogP contribution in [0.1, 0.15) is 43.7 Å². The van der Waals surface area contributed by atoms with E-state index in [9.17, 15) is 5.11 Å². The summed E-state index contributed by atoms with van der Waals surface area (Å²) in [7, 11) is 0. The number of nitrogens with one attached hydrogen (secondary N) is 3. The lowest BCUT2D eigenvalue weighted by atomic mass is 9.92. The van der Waals surface area contributed by atoms with Crippen molar-refractivity contribution in [2.24, 2.45) is 0 Å². The van der Waals surface area contributed by atoms with Gasteiger partial charge in [-0.25, -0.2) is 4.98 Å². The highest BCUT2D eigenvalue weighted by Gasteiger charge is 2.29.